The normalized spacial score (nSPS) is 12.5. The summed E-state index contributed by atoms with van der Waals surface area (Å²) in [5, 5.41) is 0. The lowest BCUT2D eigenvalue weighted by atomic mass is 9.83. The maximum atomic E-state index is 2.38. The Kier molecular flexibility index (Phi) is 5.82. The Morgan fingerprint density at radius 1 is 0.600 bits per heavy atom. The molecule has 0 nitrogen and oxygen atoms in total. The third-order valence-electron chi connectivity index (χ3n) is 5.13. The highest BCUT2D eigenvalue weighted by Crippen LogP contribution is 2.28. The molecule has 0 saturated heterocycles. The molecule has 0 amide bonds. The summed E-state index contributed by atoms with van der Waals surface area (Å²) in [5.74, 6) is 0. The van der Waals surface area contributed by atoms with Crippen molar-refractivity contribution in [2.75, 3.05) is 0 Å². The summed E-state index contributed by atoms with van der Waals surface area (Å²) in [6, 6.07) is 14.1. The summed E-state index contributed by atoms with van der Waals surface area (Å²) in [5.41, 5.74) is 9.17. The van der Waals surface area contributed by atoms with Crippen LogP contribution < -0.4 is 0 Å². The predicted molar refractivity (Wildman–Crippen MR) is 112 cm³/mol. The lowest BCUT2D eigenvalue weighted by Gasteiger charge is -2.22. The topological polar surface area (TPSA) is 0 Å². The molecule has 0 aliphatic rings. The second kappa shape index (κ2) is 7.36. The van der Waals surface area contributed by atoms with Gasteiger partial charge < -0.3 is 0 Å². The summed E-state index contributed by atoms with van der Waals surface area (Å²) >= 11 is 0. The van der Waals surface area contributed by atoms with E-state index in [2.05, 4.69) is 91.8 Å². The molecule has 0 N–H and O–H groups in total. The predicted octanol–water partition coefficient (Wildman–Crippen LogP) is 7.07. The van der Waals surface area contributed by atoms with Crippen LogP contribution in [0.5, 0.6) is 0 Å². The van der Waals surface area contributed by atoms with E-state index in [0.29, 0.717) is 0 Å². The van der Waals surface area contributed by atoms with Gasteiger partial charge >= 0.3 is 0 Å². The molecule has 0 aliphatic carbocycles. The van der Waals surface area contributed by atoms with E-state index in [9.17, 15) is 0 Å². The van der Waals surface area contributed by atoms with Gasteiger partial charge in [0.25, 0.3) is 0 Å². The van der Waals surface area contributed by atoms with E-state index in [-0.39, 0.29) is 10.8 Å². The molecule has 2 rings (SSSR count). The average molecular weight is 337 g/mol. The van der Waals surface area contributed by atoms with Crippen LogP contribution in [-0.2, 0) is 23.7 Å². The molecule has 0 fully saturated rings. The fourth-order valence-corrected chi connectivity index (χ4v) is 3.94. The molecule has 2 aromatic rings. The van der Waals surface area contributed by atoms with Crippen molar-refractivity contribution >= 4 is 0 Å². The van der Waals surface area contributed by atoms with Gasteiger partial charge in [-0.25, -0.2) is 0 Å². The van der Waals surface area contributed by atoms with Gasteiger partial charge in [-0.1, -0.05) is 77.9 Å². The molecule has 25 heavy (non-hydrogen) atoms. The van der Waals surface area contributed by atoms with E-state index in [1.54, 1.807) is 0 Å². The Bertz CT molecular complexity index is 657. The first kappa shape index (κ1) is 19.8. The first-order valence-electron chi connectivity index (χ1n) is 9.68. The monoisotopic (exact) mass is 336 g/mol. The minimum absolute atomic E-state index is 0.231. The number of hydrogen-bond donors (Lipinski definition) is 0. The zero-order valence-corrected chi connectivity index (χ0v) is 17.6. The third kappa shape index (κ3) is 5.21. The summed E-state index contributed by atoms with van der Waals surface area (Å²) in [6.45, 7) is 18.2. The molecule has 136 valence electrons. The molecule has 0 aromatic heterocycles. The number of benzene rings is 2. The molecule has 0 bridgehead atoms. The largest absolute Gasteiger partial charge is 0.0587 e. The molecule has 0 radical (unpaired) electrons. The van der Waals surface area contributed by atoms with Crippen molar-refractivity contribution in [1.29, 1.82) is 0 Å². The van der Waals surface area contributed by atoms with Crippen LogP contribution in [0.25, 0.3) is 0 Å². The quantitative estimate of drug-likeness (QED) is 0.560. The lowest BCUT2D eigenvalue weighted by Crippen LogP contribution is -2.13. The van der Waals surface area contributed by atoms with E-state index >= 15 is 0 Å². The van der Waals surface area contributed by atoms with Crippen molar-refractivity contribution in [2.24, 2.45) is 0 Å². The third-order valence-corrected chi connectivity index (χ3v) is 5.13. The minimum Gasteiger partial charge on any atom is -0.0587 e. The van der Waals surface area contributed by atoms with Gasteiger partial charge in [0, 0.05) is 0 Å². The fraction of sp³-hybridized carbons (Fsp3) is 0.520. The van der Waals surface area contributed by atoms with Crippen LogP contribution in [-0.4, -0.2) is 0 Å². The van der Waals surface area contributed by atoms with Crippen molar-refractivity contribution < 1.29 is 0 Å². The van der Waals surface area contributed by atoms with Crippen molar-refractivity contribution in [3.63, 3.8) is 0 Å². The number of rotatable bonds is 4. The maximum Gasteiger partial charge on any atom is -0.0129 e. The highest BCUT2D eigenvalue weighted by Gasteiger charge is 2.17. The Labute approximate surface area is 155 Å². The maximum absolute atomic E-state index is 2.38. The van der Waals surface area contributed by atoms with E-state index in [0.717, 1.165) is 12.8 Å². The highest BCUT2D eigenvalue weighted by atomic mass is 14.2. The van der Waals surface area contributed by atoms with Crippen LogP contribution in [0.3, 0.4) is 0 Å². The van der Waals surface area contributed by atoms with Crippen LogP contribution in [0.15, 0.2) is 36.4 Å². The van der Waals surface area contributed by atoms with Crippen LogP contribution >= 0.6 is 0 Å². The lowest BCUT2D eigenvalue weighted by molar-refractivity contribution is 0.585. The molecule has 0 spiro atoms. The van der Waals surface area contributed by atoms with Crippen LogP contribution in [0.2, 0.25) is 0 Å². The number of hydrogen-bond acceptors (Lipinski definition) is 0. The van der Waals surface area contributed by atoms with Gasteiger partial charge in [-0.3, -0.25) is 0 Å². The molecule has 0 aliphatic heterocycles. The van der Waals surface area contributed by atoms with Crippen LogP contribution in [0, 0.1) is 13.8 Å². The van der Waals surface area contributed by atoms with Crippen molar-refractivity contribution in [3.8, 4) is 0 Å². The van der Waals surface area contributed by atoms with Gasteiger partial charge in [0.1, 0.15) is 0 Å². The minimum atomic E-state index is 0.231. The summed E-state index contributed by atoms with van der Waals surface area (Å²) in [4.78, 5) is 0. The SMILES string of the molecule is Cc1cc(CCCc2ccc(C(C)(C)C)c(C)c2)ccc1C(C)(C)C. The zero-order chi connectivity index (χ0) is 18.8. The Morgan fingerprint density at radius 2 is 0.960 bits per heavy atom. The van der Waals surface area contributed by atoms with E-state index in [1.807, 2.05) is 0 Å². The summed E-state index contributed by atoms with van der Waals surface area (Å²) in [6.07, 6.45) is 3.53. The second-order valence-corrected chi connectivity index (χ2v) is 9.65. The van der Waals surface area contributed by atoms with E-state index < -0.39 is 0 Å². The van der Waals surface area contributed by atoms with Gasteiger partial charge in [-0.2, -0.15) is 0 Å². The Balaban J connectivity index is 1.99. The summed E-state index contributed by atoms with van der Waals surface area (Å²) < 4.78 is 0. The van der Waals surface area contributed by atoms with Crippen molar-refractivity contribution in [1.82, 2.24) is 0 Å². The molecule has 0 saturated carbocycles. The zero-order valence-electron chi connectivity index (χ0n) is 17.6. The standard InChI is InChI=1S/C25H36/c1-18-16-20(12-14-22(18)24(3,4)5)10-9-11-21-13-15-23(19(2)17-21)25(6,7)8/h12-17H,9-11H2,1-8H3. The molecule has 0 atom stereocenters. The van der Waals surface area contributed by atoms with E-state index in [1.165, 1.54) is 39.8 Å². The van der Waals surface area contributed by atoms with Gasteiger partial charge in [-0.05, 0) is 77.3 Å². The van der Waals surface area contributed by atoms with Gasteiger partial charge in [-0.15, -0.1) is 0 Å². The van der Waals surface area contributed by atoms with E-state index in [4.69, 9.17) is 0 Å². The Morgan fingerprint density at radius 3 is 1.24 bits per heavy atom. The van der Waals surface area contributed by atoms with Gasteiger partial charge in [0.2, 0.25) is 0 Å². The second-order valence-electron chi connectivity index (χ2n) is 9.65. The fourth-order valence-electron chi connectivity index (χ4n) is 3.94. The highest BCUT2D eigenvalue weighted by molar-refractivity contribution is 5.37. The van der Waals surface area contributed by atoms with Crippen LogP contribution in [0.1, 0.15) is 81.3 Å². The van der Waals surface area contributed by atoms with Crippen molar-refractivity contribution in [2.45, 2.75) is 85.5 Å². The first-order valence-corrected chi connectivity index (χ1v) is 9.68. The molecule has 0 unspecified atom stereocenters. The molecule has 0 heteroatoms. The first-order chi connectivity index (χ1) is 11.5. The molecule has 2 aromatic carbocycles. The van der Waals surface area contributed by atoms with Crippen molar-refractivity contribution in [3.05, 3.63) is 69.8 Å². The van der Waals surface area contributed by atoms with Gasteiger partial charge in [0.05, 0.1) is 0 Å². The molecular formula is C25H36. The molecule has 0 heterocycles. The van der Waals surface area contributed by atoms with Crippen LogP contribution in [0.4, 0.5) is 0 Å². The Hall–Kier alpha value is -1.56. The average Bonchev–Trinajstić information content (AvgIpc) is 2.44. The van der Waals surface area contributed by atoms with Gasteiger partial charge in [0.15, 0.2) is 0 Å². The number of aryl methyl sites for hydroxylation is 4. The smallest absolute Gasteiger partial charge is 0.0129 e. The summed E-state index contributed by atoms with van der Waals surface area (Å²) in [7, 11) is 0. The molecular weight excluding hydrogens is 300 g/mol.